The molecule has 2 unspecified atom stereocenters. The van der Waals surface area contributed by atoms with E-state index < -0.39 is 0 Å². The first kappa shape index (κ1) is 16.7. The molecule has 0 amide bonds. The van der Waals surface area contributed by atoms with Gasteiger partial charge in [-0.25, -0.2) is 0 Å². The summed E-state index contributed by atoms with van der Waals surface area (Å²) in [4.78, 5) is 11.6. The Kier molecular flexibility index (Phi) is 6.73. The number of rotatable bonds is 7. The van der Waals surface area contributed by atoms with Crippen molar-refractivity contribution in [1.29, 1.82) is 0 Å². The molecule has 0 fully saturated rings. The molecule has 0 bridgehead atoms. The second-order valence-electron chi connectivity index (χ2n) is 5.71. The number of nitrogens with one attached hydrogen (secondary N) is 1. The maximum Gasteiger partial charge on any atom is 0.322 e. The van der Waals surface area contributed by atoms with E-state index in [4.69, 9.17) is 4.74 Å². The minimum Gasteiger partial charge on any atom is -0.468 e. The number of carbonyl (C=O) groups is 1. The predicted molar refractivity (Wildman–Crippen MR) is 82.6 cm³/mol. The summed E-state index contributed by atoms with van der Waals surface area (Å²) >= 11 is 0. The first-order valence-corrected chi connectivity index (χ1v) is 7.40. The summed E-state index contributed by atoms with van der Waals surface area (Å²) in [5, 5.41) is 3.32. The predicted octanol–water partition coefficient (Wildman–Crippen LogP) is 3.49. The Morgan fingerprint density at radius 2 is 1.80 bits per heavy atom. The van der Waals surface area contributed by atoms with E-state index in [0.717, 1.165) is 12.8 Å². The van der Waals surface area contributed by atoms with Crippen molar-refractivity contribution in [3.8, 4) is 0 Å². The van der Waals surface area contributed by atoms with E-state index in [1.54, 1.807) is 0 Å². The molecule has 0 radical (unpaired) electrons. The van der Waals surface area contributed by atoms with E-state index >= 15 is 0 Å². The molecule has 3 heteroatoms. The van der Waals surface area contributed by atoms with Crippen LogP contribution in [-0.4, -0.2) is 19.1 Å². The molecular weight excluding hydrogens is 250 g/mol. The highest BCUT2D eigenvalue weighted by Crippen LogP contribution is 2.16. The maximum absolute atomic E-state index is 11.6. The third-order valence-corrected chi connectivity index (χ3v) is 3.47. The average molecular weight is 277 g/mol. The lowest BCUT2D eigenvalue weighted by atomic mass is 9.99. The molecule has 1 rings (SSSR count). The van der Waals surface area contributed by atoms with E-state index in [1.165, 1.54) is 18.2 Å². The minimum absolute atomic E-state index is 0.132. The molecule has 3 nitrogen and oxygen atoms in total. The van der Waals surface area contributed by atoms with E-state index in [9.17, 15) is 4.79 Å². The topological polar surface area (TPSA) is 38.3 Å². The Hall–Kier alpha value is -1.35. The van der Waals surface area contributed by atoms with Gasteiger partial charge in [0, 0.05) is 6.04 Å². The third kappa shape index (κ3) is 4.97. The van der Waals surface area contributed by atoms with Crippen LogP contribution in [0, 0.1) is 5.92 Å². The quantitative estimate of drug-likeness (QED) is 0.775. The van der Waals surface area contributed by atoms with Crippen molar-refractivity contribution in [1.82, 2.24) is 5.32 Å². The Labute approximate surface area is 122 Å². The number of benzene rings is 1. The van der Waals surface area contributed by atoms with Gasteiger partial charge in [0.15, 0.2) is 0 Å². The zero-order chi connectivity index (χ0) is 15.1. The van der Waals surface area contributed by atoms with Gasteiger partial charge in [0.2, 0.25) is 0 Å². The lowest BCUT2D eigenvalue weighted by molar-refractivity contribution is -0.143. The van der Waals surface area contributed by atoms with Gasteiger partial charge in [-0.05, 0) is 36.8 Å². The molecule has 1 aromatic rings. The Morgan fingerprint density at radius 3 is 2.25 bits per heavy atom. The summed E-state index contributed by atoms with van der Waals surface area (Å²) in [6.07, 6.45) is 1.82. The van der Waals surface area contributed by atoms with Crippen molar-refractivity contribution in [3.05, 3.63) is 35.4 Å². The smallest absolute Gasteiger partial charge is 0.322 e. The molecule has 1 aromatic carbocycles. The molecule has 0 aliphatic heterocycles. The first-order valence-electron chi connectivity index (χ1n) is 7.40. The first-order chi connectivity index (χ1) is 9.47. The van der Waals surface area contributed by atoms with Gasteiger partial charge in [-0.15, -0.1) is 0 Å². The SMILES string of the molecule is CCC(NC(C)c1ccc(CC(C)C)cc1)C(=O)OC. The monoisotopic (exact) mass is 277 g/mol. The van der Waals surface area contributed by atoms with Crippen LogP contribution in [0.3, 0.4) is 0 Å². The molecule has 20 heavy (non-hydrogen) atoms. The lowest BCUT2D eigenvalue weighted by Gasteiger charge is -2.21. The highest BCUT2D eigenvalue weighted by Gasteiger charge is 2.19. The van der Waals surface area contributed by atoms with Crippen LogP contribution in [0.1, 0.15) is 51.3 Å². The number of carbonyl (C=O) groups excluding carboxylic acids is 1. The van der Waals surface area contributed by atoms with Gasteiger partial charge in [0.05, 0.1) is 7.11 Å². The second kappa shape index (κ2) is 8.05. The zero-order valence-corrected chi connectivity index (χ0v) is 13.3. The van der Waals surface area contributed by atoms with Crippen molar-refractivity contribution in [2.75, 3.05) is 7.11 Å². The molecule has 1 N–H and O–H groups in total. The van der Waals surface area contributed by atoms with Crippen LogP contribution in [0.4, 0.5) is 0 Å². The number of hydrogen-bond acceptors (Lipinski definition) is 3. The summed E-state index contributed by atoms with van der Waals surface area (Å²) in [7, 11) is 1.43. The van der Waals surface area contributed by atoms with E-state index in [1.807, 2.05) is 6.92 Å². The van der Waals surface area contributed by atoms with Crippen LogP contribution in [-0.2, 0) is 16.0 Å². The van der Waals surface area contributed by atoms with Gasteiger partial charge in [0.1, 0.15) is 6.04 Å². The summed E-state index contributed by atoms with van der Waals surface area (Å²) in [6.45, 7) is 8.50. The summed E-state index contributed by atoms with van der Waals surface area (Å²) in [5.74, 6) is 0.468. The standard InChI is InChI=1S/C17H27NO2/c1-6-16(17(19)20-5)18-13(4)15-9-7-14(8-10-15)11-12(2)3/h7-10,12-13,16,18H,6,11H2,1-5H3. The number of hydrogen-bond donors (Lipinski definition) is 1. The average Bonchev–Trinajstić information content (AvgIpc) is 2.43. The van der Waals surface area contributed by atoms with Crippen molar-refractivity contribution in [2.24, 2.45) is 5.92 Å². The number of ether oxygens (including phenoxy) is 1. The molecule has 0 heterocycles. The summed E-state index contributed by atoms with van der Waals surface area (Å²) in [6, 6.07) is 8.51. The molecule has 0 aromatic heterocycles. The van der Waals surface area contributed by atoms with Gasteiger partial charge in [0.25, 0.3) is 0 Å². The molecule has 112 valence electrons. The Balaban J connectivity index is 2.67. The third-order valence-electron chi connectivity index (χ3n) is 3.47. The molecular formula is C17H27NO2. The van der Waals surface area contributed by atoms with Gasteiger partial charge in [-0.1, -0.05) is 45.0 Å². The van der Waals surface area contributed by atoms with Gasteiger partial charge >= 0.3 is 5.97 Å². The van der Waals surface area contributed by atoms with Crippen molar-refractivity contribution in [2.45, 2.75) is 52.6 Å². The molecule has 0 spiro atoms. The van der Waals surface area contributed by atoms with Crippen molar-refractivity contribution in [3.63, 3.8) is 0 Å². The second-order valence-corrected chi connectivity index (χ2v) is 5.71. The number of methoxy groups -OCH3 is 1. The van der Waals surface area contributed by atoms with Crippen LogP contribution < -0.4 is 5.32 Å². The van der Waals surface area contributed by atoms with Gasteiger partial charge in [-0.3, -0.25) is 10.1 Å². The Bertz CT molecular complexity index is 412. The van der Waals surface area contributed by atoms with Crippen molar-refractivity contribution >= 4 is 5.97 Å². The molecule has 0 saturated heterocycles. The van der Waals surface area contributed by atoms with E-state index in [2.05, 4.69) is 50.4 Å². The van der Waals surface area contributed by atoms with E-state index in [-0.39, 0.29) is 18.1 Å². The molecule has 0 saturated carbocycles. The van der Waals surface area contributed by atoms with Crippen LogP contribution in [0.15, 0.2) is 24.3 Å². The van der Waals surface area contributed by atoms with Crippen LogP contribution in [0.2, 0.25) is 0 Å². The van der Waals surface area contributed by atoms with Crippen molar-refractivity contribution < 1.29 is 9.53 Å². The maximum atomic E-state index is 11.6. The number of esters is 1. The van der Waals surface area contributed by atoms with Gasteiger partial charge < -0.3 is 4.74 Å². The highest BCUT2D eigenvalue weighted by molar-refractivity contribution is 5.75. The zero-order valence-electron chi connectivity index (χ0n) is 13.3. The van der Waals surface area contributed by atoms with Crippen LogP contribution >= 0.6 is 0 Å². The lowest BCUT2D eigenvalue weighted by Crippen LogP contribution is -2.38. The van der Waals surface area contributed by atoms with Gasteiger partial charge in [-0.2, -0.15) is 0 Å². The highest BCUT2D eigenvalue weighted by atomic mass is 16.5. The minimum atomic E-state index is -0.245. The summed E-state index contributed by atoms with van der Waals surface area (Å²) < 4.78 is 4.80. The molecule has 0 aliphatic carbocycles. The van der Waals surface area contributed by atoms with E-state index in [0.29, 0.717) is 5.92 Å². The summed E-state index contributed by atoms with van der Waals surface area (Å²) in [5.41, 5.74) is 2.55. The fraction of sp³-hybridized carbons (Fsp3) is 0.588. The van der Waals surface area contributed by atoms with Crippen LogP contribution in [0.25, 0.3) is 0 Å². The molecule has 0 aliphatic rings. The normalized spacial score (nSPS) is 14.1. The fourth-order valence-corrected chi connectivity index (χ4v) is 2.31. The van der Waals surface area contributed by atoms with Crippen LogP contribution in [0.5, 0.6) is 0 Å². The molecule has 2 atom stereocenters. The largest absolute Gasteiger partial charge is 0.468 e. The Morgan fingerprint density at radius 1 is 1.20 bits per heavy atom. The fourth-order valence-electron chi connectivity index (χ4n) is 2.31.